The fraction of sp³-hybridized carbons (Fsp3) is 0.368. The Balaban J connectivity index is 1.66. The van der Waals surface area contributed by atoms with Gasteiger partial charge in [0.05, 0.1) is 6.54 Å². The molecule has 0 aliphatic carbocycles. The molecule has 1 aromatic carbocycles. The molecule has 7 heteroatoms. The molecule has 0 spiro atoms. The molecule has 0 bridgehead atoms. The Morgan fingerprint density at radius 2 is 1.81 bits per heavy atom. The van der Waals surface area contributed by atoms with Crippen molar-refractivity contribution in [1.82, 2.24) is 14.7 Å². The predicted molar refractivity (Wildman–Crippen MR) is 104 cm³/mol. The number of nitrogens with zero attached hydrogens (tertiary/aromatic N) is 3. The minimum atomic E-state index is -3.56. The van der Waals surface area contributed by atoms with Gasteiger partial charge in [-0.3, -0.25) is 0 Å². The van der Waals surface area contributed by atoms with Gasteiger partial charge in [0.25, 0.3) is 0 Å². The van der Waals surface area contributed by atoms with Crippen molar-refractivity contribution in [2.45, 2.75) is 33.2 Å². The first-order chi connectivity index (χ1) is 12.4. The van der Waals surface area contributed by atoms with Crippen LogP contribution in [-0.2, 0) is 16.6 Å². The first-order valence-corrected chi connectivity index (χ1v) is 10.3. The van der Waals surface area contributed by atoms with Crippen LogP contribution in [0.2, 0.25) is 0 Å². The monoisotopic (exact) mass is 372 g/mol. The highest BCUT2D eigenvalue weighted by Crippen LogP contribution is 2.18. The number of nitrogens with one attached hydrogen (secondary N) is 1. The van der Waals surface area contributed by atoms with Crippen LogP contribution in [0.25, 0.3) is 6.08 Å². The number of aryl methyl sites for hydroxylation is 2. The summed E-state index contributed by atoms with van der Waals surface area (Å²) in [5, 5.41) is 1.18. The van der Waals surface area contributed by atoms with E-state index in [9.17, 15) is 8.42 Å². The number of hydrogen-bond acceptors (Lipinski definition) is 5. The van der Waals surface area contributed by atoms with E-state index in [1.54, 1.807) is 6.08 Å². The van der Waals surface area contributed by atoms with E-state index >= 15 is 0 Å². The lowest BCUT2D eigenvalue weighted by Gasteiger charge is -2.17. The van der Waals surface area contributed by atoms with Gasteiger partial charge in [-0.15, -0.1) is 0 Å². The first kappa shape index (κ1) is 18.5. The van der Waals surface area contributed by atoms with E-state index in [1.165, 1.54) is 5.41 Å². The minimum absolute atomic E-state index is 0.0725. The third-order valence-electron chi connectivity index (χ3n) is 4.27. The van der Waals surface area contributed by atoms with Crippen molar-refractivity contribution in [3.63, 3.8) is 0 Å². The SMILES string of the molecule is Cc1ccc(/C=C/S(=O)(=O)NCc2nc(C)cc(N3CCCC3)n2)cc1. The molecule has 0 amide bonds. The lowest BCUT2D eigenvalue weighted by Crippen LogP contribution is -2.24. The molecule has 26 heavy (non-hydrogen) atoms. The summed E-state index contributed by atoms with van der Waals surface area (Å²) >= 11 is 0. The molecule has 1 aliphatic rings. The second-order valence-electron chi connectivity index (χ2n) is 6.56. The number of hydrogen-bond donors (Lipinski definition) is 1. The van der Waals surface area contributed by atoms with Gasteiger partial charge >= 0.3 is 0 Å². The number of aromatic nitrogens is 2. The summed E-state index contributed by atoms with van der Waals surface area (Å²) in [5.41, 5.74) is 2.81. The van der Waals surface area contributed by atoms with E-state index in [2.05, 4.69) is 19.6 Å². The van der Waals surface area contributed by atoms with E-state index in [0.717, 1.165) is 48.6 Å². The highest BCUT2D eigenvalue weighted by molar-refractivity contribution is 7.92. The molecule has 2 heterocycles. The third-order valence-corrected chi connectivity index (χ3v) is 5.31. The maximum absolute atomic E-state index is 12.2. The Labute approximate surface area is 155 Å². The van der Waals surface area contributed by atoms with Gasteiger partial charge in [-0.2, -0.15) is 0 Å². The van der Waals surface area contributed by atoms with Crippen molar-refractivity contribution in [2.24, 2.45) is 0 Å². The zero-order valence-corrected chi connectivity index (χ0v) is 16.0. The van der Waals surface area contributed by atoms with Crippen LogP contribution >= 0.6 is 0 Å². The van der Waals surface area contributed by atoms with Crippen molar-refractivity contribution in [1.29, 1.82) is 0 Å². The Morgan fingerprint density at radius 1 is 1.12 bits per heavy atom. The number of sulfonamides is 1. The number of anilines is 1. The Bertz CT molecular complexity index is 886. The van der Waals surface area contributed by atoms with Crippen molar-refractivity contribution in [3.05, 3.63) is 58.4 Å². The molecule has 2 aromatic rings. The van der Waals surface area contributed by atoms with Crippen LogP contribution in [0, 0.1) is 13.8 Å². The second kappa shape index (κ2) is 7.97. The average Bonchev–Trinajstić information content (AvgIpc) is 3.14. The quantitative estimate of drug-likeness (QED) is 0.844. The van der Waals surface area contributed by atoms with E-state index in [-0.39, 0.29) is 6.54 Å². The van der Waals surface area contributed by atoms with E-state index in [4.69, 9.17) is 0 Å². The standard InChI is InChI=1S/C19H24N4O2S/c1-15-5-7-17(8-6-15)9-12-26(24,25)20-14-18-21-16(2)13-19(22-18)23-10-3-4-11-23/h5-9,12-13,20H,3-4,10-11,14H2,1-2H3/b12-9+. The van der Waals surface area contributed by atoms with Gasteiger partial charge in [-0.05, 0) is 38.3 Å². The fourth-order valence-electron chi connectivity index (χ4n) is 2.86. The summed E-state index contributed by atoms with van der Waals surface area (Å²) in [4.78, 5) is 11.1. The molecule has 1 fully saturated rings. The van der Waals surface area contributed by atoms with E-state index in [0.29, 0.717) is 5.82 Å². The smallest absolute Gasteiger partial charge is 0.234 e. The molecule has 6 nitrogen and oxygen atoms in total. The van der Waals surface area contributed by atoms with Crippen molar-refractivity contribution in [2.75, 3.05) is 18.0 Å². The molecule has 0 atom stereocenters. The molecule has 0 saturated carbocycles. The average molecular weight is 372 g/mol. The van der Waals surface area contributed by atoms with Crippen LogP contribution in [0.1, 0.15) is 35.5 Å². The Hall–Kier alpha value is -2.25. The molecular weight excluding hydrogens is 348 g/mol. The van der Waals surface area contributed by atoms with E-state index < -0.39 is 10.0 Å². The van der Waals surface area contributed by atoms with Gasteiger partial charge in [0.2, 0.25) is 10.0 Å². The summed E-state index contributed by atoms with van der Waals surface area (Å²) in [6.45, 7) is 5.94. The minimum Gasteiger partial charge on any atom is -0.357 e. The van der Waals surface area contributed by atoms with Gasteiger partial charge in [0.15, 0.2) is 0 Å². The van der Waals surface area contributed by atoms with Crippen LogP contribution in [0.15, 0.2) is 35.7 Å². The normalized spacial score (nSPS) is 15.1. The lowest BCUT2D eigenvalue weighted by atomic mass is 10.2. The molecule has 3 rings (SSSR count). The molecule has 1 N–H and O–H groups in total. The summed E-state index contributed by atoms with van der Waals surface area (Å²) < 4.78 is 27.0. The fourth-order valence-corrected chi connectivity index (χ4v) is 3.62. The van der Waals surface area contributed by atoms with Crippen LogP contribution in [-0.4, -0.2) is 31.5 Å². The lowest BCUT2D eigenvalue weighted by molar-refractivity contribution is 0.588. The molecule has 0 unspecified atom stereocenters. The van der Waals surface area contributed by atoms with Crippen LogP contribution in [0.5, 0.6) is 0 Å². The molecule has 1 saturated heterocycles. The zero-order valence-electron chi connectivity index (χ0n) is 15.1. The first-order valence-electron chi connectivity index (χ1n) is 8.75. The van der Waals surface area contributed by atoms with Crippen LogP contribution < -0.4 is 9.62 Å². The van der Waals surface area contributed by atoms with Gasteiger partial charge < -0.3 is 4.90 Å². The van der Waals surface area contributed by atoms with Crippen molar-refractivity contribution >= 4 is 21.9 Å². The summed E-state index contributed by atoms with van der Waals surface area (Å²) in [7, 11) is -3.56. The maximum Gasteiger partial charge on any atom is 0.234 e. The molecular formula is C19H24N4O2S. The van der Waals surface area contributed by atoms with Crippen molar-refractivity contribution in [3.8, 4) is 0 Å². The Kier molecular flexibility index (Phi) is 5.68. The maximum atomic E-state index is 12.2. The van der Waals surface area contributed by atoms with Crippen LogP contribution in [0.3, 0.4) is 0 Å². The molecule has 0 radical (unpaired) electrons. The van der Waals surface area contributed by atoms with Gasteiger partial charge in [0, 0.05) is 30.3 Å². The number of benzene rings is 1. The summed E-state index contributed by atoms with van der Waals surface area (Å²) in [6, 6.07) is 9.60. The Morgan fingerprint density at radius 3 is 2.50 bits per heavy atom. The highest BCUT2D eigenvalue weighted by Gasteiger charge is 2.15. The third kappa shape index (κ3) is 5.12. The van der Waals surface area contributed by atoms with Gasteiger partial charge in [-0.25, -0.2) is 23.1 Å². The van der Waals surface area contributed by atoms with E-state index in [1.807, 2.05) is 44.2 Å². The number of rotatable bonds is 6. The molecule has 1 aliphatic heterocycles. The second-order valence-corrected chi connectivity index (χ2v) is 8.21. The largest absolute Gasteiger partial charge is 0.357 e. The summed E-state index contributed by atoms with van der Waals surface area (Å²) in [5.74, 6) is 1.36. The van der Waals surface area contributed by atoms with Gasteiger partial charge in [-0.1, -0.05) is 29.8 Å². The molecule has 138 valence electrons. The molecule has 1 aromatic heterocycles. The highest BCUT2D eigenvalue weighted by atomic mass is 32.2. The van der Waals surface area contributed by atoms with Crippen molar-refractivity contribution < 1.29 is 8.42 Å². The summed E-state index contributed by atoms with van der Waals surface area (Å²) in [6.07, 6.45) is 3.90. The topological polar surface area (TPSA) is 75.2 Å². The van der Waals surface area contributed by atoms with Gasteiger partial charge in [0.1, 0.15) is 11.6 Å². The predicted octanol–water partition coefficient (Wildman–Crippen LogP) is 2.78. The zero-order chi connectivity index (χ0) is 18.6. The van der Waals surface area contributed by atoms with Crippen LogP contribution in [0.4, 0.5) is 5.82 Å².